The molecule has 100 valence electrons. The van der Waals surface area contributed by atoms with Crippen LogP contribution in [0, 0.1) is 5.41 Å². The van der Waals surface area contributed by atoms with Crippen molar-refractivity contribution < 1.29 is 14.3 Å². The fourth-order valence-corrected chi connectivity index (χ4v) is 2.10. The third-order valence-electron chi connectivity index (χ3n) is 3.39. The fraction of sp³-hybridized carbons (Fsp3) is 0.923. The number of nitrogens with two attached hydrogens (primary N) is 1. The molecule has 1 fully saturated rings. The number of rotatable bonds is 5. The molecule has 0 amide bonds. The van der Waals surface area contributed by atoms with Crippen molar-refractivity contribution in [2.24, 2.45) is 11.1 Å². The Kier molecular flexibility index (Phi) is 5.40. The van der Waals surface area contributed by atoms with Crippen molar-refractivity contribution in [3.63, 3.8) is 0 Å². The van der Waals surface area contributed by atoms with Crippen molar-refractivity contribution in [3.05, 3.63) is 0 Å². The molecule has 1 unspecified atom stereocenters. The minimum absolute atomic E-state index is 0.253. The SMILES string of the molecule is CCOC(=O)C(N)COC1CCC(C)(C)CC1. The number of ether oxygens (including phenoxy) is 2. The summed E-state index contributed by atoms with van der Waals surface area (Å²) in [7, 11) is 0. The van der Waals surface area contributed by atoms with E-state index in [1.807, 2.05) is 0 Å². The second-order valence-electron chi connectivity index (χ2n) is 5.56. The maximum atomic E-state index is 11.3. The van der Waals surface area contributed by atoms with Crippen LogP contribution in [0.1, 0.15) is 46.5 Å². The molecular formula is C13H25NO3. The summed E-state index contributed by atoms with van der Waals surface area (Å²) in [5, 5.41) is 0. The number of esters is 1. The van der Waals surface area contributed by atoms with E-state index in [4.69, 9.17) is 15.2 Å². The molecule has 0 aromatic carbocycles. The molecule has 1 aliphatic rings. The van der Waals surface area contributed by atoms with Gasteiger partial charge in [-0.25, -0.2) is 0 Å². The second-order valence-corrected chi connectivity index (χ2v) is 5.56. The van der Waals surface area contributed by atoms with Crippen LogP contribution in [0.2, 0.25) is 0 Å². The third-order valence-corrected chi connectivity index (χ3v) is 3.39. The van der Waals surface area contributed by atoms with Gasteiger partial charge in [-0.05, 0) is 38.0 Å². The third kappa shape index (κ3) is 5.04. The van der Waals surface area contributed by atoms with Crippen molar-refractivity contribution in [1.29, 1.82) is 0 Å². The Morgan fingerprint density at radius 1 is 1.41 bits per heavy atom. The van der Waals surface area contributed by atoms with Crippen LogP contribution in [0.5, 0.6) is 0 Å². The average Bonchev–Trinajstić information content (AvgIpc) is 2.27. The summed E-state index contributed by atoms with van der Waals surface area (Å²) in [6.45, 7) is 6.98. The molecule has 0 aliphatic heterocycles. The van der Waals surface area contributed by atoms with Gasteiger partial charge < -0.3 is 15.2 Å². The zero-order valence-electron chi connectivity index (χ0n) is 11.2. The zero-order valence-corrected chi connectivity index (χ0v) is 11.2. The van der Waals surface area contributed by atoms with Gasteiger partial charge >= 0.3 is 5.97 Å². The standard InChI is InChI=1S/C13H25NO3/c1-4-16-12(15)11(14)9-17-10-5-7-13(2,3)8-6-10/h10-11H,4-9,14H2,1-3H3. The Balaban J connectivity index is 2.21. The summed E-state index contributed by atoms with van der Waals surface area (Å²) in [5.74, 6) is -0.372. The van der Waals surface area contributed by atoms with Gasteiger partial charge in [0, 0.05) is 0 Å². The molecule has 0 saturated heterocycles. The first-order valence-electron chi connectivity index (χ1n) is 6.48. The molecule has 1 saturated carbocycles. The van der Waals surface area contributed by atoms with Crippen molar-refractivity contribution in [2.75, 3.05) is 13.2 Å². The Hall–Kier alpha value is -0.610. The van der Waals surface area contributed by atoms with Gasteiger partial charge in [-0.1, -0.05) is 13.8 Å². The van der Waals surface area contributed by atoms with Crippen LogP contribution in [-0.2, 0) is 14.3 Å². The highest BCUT2D eigenvalue weighted by Crippen LogP contribution is 2.36. The number of hydrogen-bond acceptors (Lipinski definition) is 4. The molecule has 0 aromatic heterocycles. The van der Waals surface area contributed by atoms with Gasteiger partial charge in [-0.3, -0.25) is 4.79 Å². The van der Waals surface area contributed by atoms with Gasteiger partial charge in [0.15, 0.2) is 0 Å². The van der Waals surface area contributed by atoms with E-state index in [1.54, 1.807) is 6.92 Å². The smallest absolute Gasteiger partial charge is 0.325 e. The summed E-state index contributed by atoms with van der Waals surface area (Å²) in [5.41, 5.74) is 6.11. The molecule has 4 heteroatoms. The summed E-state index contributed by atoms with van der Waals surface area (Å²) in [6.07, 6.45) is 4.72. The van der Waals surface area contributed by atoms with Gasteiger partial charge in [-0.2, -0.15) is 0 Å². The fourth-order valence-electron chi connectivity index (χ4n) is 2.10. The minimum atomic E-state index is -0.648. The van der Waals surface area contributed by atoms with Crippen LogP contribution in [0.15, 0.2) is 0 Å². The summed E-state index contributed by atoms with van der Waals surface area (Å²) < 4.78 is 10.5. The van der Waals surface area contributed by atoms with Crippen LogP contribution in [0.3, 0.4) is 0 Å². The Morgan fingerprint density at radius 3 is 2.53 bits per heavy atom. The molecule has 1 atom stereocenters. The summed E-state index contributed by atoms with van der Waals surface area (Å²) >= 11 is 0. The van der Waals surface area contributed by atoms with Crippen molar-refractivity contribution in [2.45, 2.75) is 58.6 Å². The van der Waals surface area contributed by atoms with Crippen LogP contribution in [0.25, 0.3) is 0 Å². The first-order valence-corrected chi connectivity index (χ1v) is 6.48. The van der Waals surface area contributed by atoms with Crippen LogP contribution >= 0.6 is 0 Å². The van der Waals surface area contributed by atoms with Crippen molar-refractivity contribution >= 4 is 5.97 Å². The molecule has 1 aliphatic carbocycles. The largest absolute Gasteiger partial charge is 0.465 e. The monoisotopic (exact) mass is 243 g/mol. The lowest BCUT2D eigenvalue weighted by Gasteiger charge is -2.34. The number of carbonyl (C=O) groups excluding carboxylic acids is 1. The number of carbonyl (C=O) groups is 1. The first-order chi connectivity index (χ1) is 7.94. The maximum Gasteiger partial charge on any atom is 0.325 e. The van der Waals surface area contributed by atoms with E-state index in [0.717, 1.165) is 12.8 Å². The van der Waals surface area contributed by atoms with Crippen LogP contribution in [0.4, 0.5) is 0 Å². The number of hydrogen-bond donors (Lipinski definition) is 1. The van der Waals surface area contributed by atoms with E-state index in [2.05, 4.69) is 13.8 Å². The topological polar surface area (TPSA) is 61.5 Å². The maximum absolute atomic E-state index is 11.3. The Bertz CT molecular complexity index is 243. The predicted molar refractivity (Wildman–Crippen MR) is 66.6 cm³/mol. The van der Waals surface area contributed by atoms with E-state index >= 15 is 0 Å². The molecule has 0 heterocycles. The molecule has 0 bridgehead atoms. The van der Waals surface area contributed by atoms with E-state index < -0.39 is 6.04 Å². The zero-order chi connectivity index (χ0) is 12.9. The Labute approximate surface area is 104 Å². The quantitative estimate of drug-likeness (QED) is 0.749. The minimum Gasteiger partial charge on any atom is -0.465 e. The normalized spacial score (nSPS) is 22.1. The van der Waals surface area contributed by atoms with Gasteiger partial charge in [0.2, 0.25) is 0 Å². The van der Waals surface area contributed by atoms with Gasteiger partial charge in [-0.15, -0.1) is 0 Å². The highest BCUT2D eigenvalue weighted by atomic mass is 16.5. The summed E-state index contributed by atoms with van der Waals surface area (Å²) in [6, 6.07) is -0.648. The van der Waals surface area contributed by atoms with Crippen molar-refractivity contribution in [1.82, 2.24) is 0 Å². The summed E-state index contributed by atoms with van der Waals surface area (Å²) in [4.78, 5) is 11.3. The van der Waals surface area contributed by atoms with Gasteiger partial charge in [0.1, 0.15) is 6.04 Å². The van der Waals surface area contributed by atoms with E-state index in [0.29, 0.717) is 12.0 Å². The molecule has 0 spiro atoms. The lowest BCUT2D eigenvalue weighted by atomic mass is 9.76. The first kappa shape index (κ1) is 14.5. The van der Waals surface area contributed by atoms with Crippen LogP contribution in [-0.4, -0.2) is 31.3 Å². The highest BCUT2D eigenvalue weighted by molar-refractivity contribution is 5.75. The molecule has 1 rings (SSSR count). The molecule has 0 radical (unpaired) electrons. The lowest BCUT2D eigenvalue weighted by molar-refractivity contribution is -0.147. The molecule has 4 nitrogen and oxygen atoms in total. The average molecular weight is 243 g/mol. The van der Waals surface area contributed by atoms with Gasteiger partial charge in [0.25, 0.3) is 0 Å². The molecule has 17 heavy (non-hydrogen) atoms. The molecule has 2 N–H and O–H groups in total. The van der Waals surface area contributed by atoms with Gasteiger partial charge in [0.05, 0.1) is 19.3 Å². The van der Waals surface area contributed by atoms with Crippen molar-refractivity contribution in [3.8, 4) is 0 Å². The Morgan fingerprint density at radius 2 is 2.00 bits per heavy atom. The second kappa shape index (κ2) is 6.36. The molecular weight excluding hydrogens is 218 g/mol. The van der Waals surface area contributed by atoms with E-state index in [1.165, 1.54) is 12.8 Å². The van der Waals surface area contributed by atoms with E-state index in [9.17, 15) is 4.79 Å². The lowest BCUT2D eigenvalue weighted by Crippen LogP contribution is -2.39. The van der Waals surface area contributed by atoms with E-state index in [-0.39, 0.29) is 18.7 Å². The predicted octanol–water partition coefficient (Wildman–Crippen LogP) is 1.86. The van der Waals surface area contributed by atoms with Crippen LogP contribution < -0.4 is 5.73 Å². The highest BCUT2D eigenvalue weighted by Gasteiger charge is 2.28. The molecule has 0 aromatic rings.